The van der Waals surface area contributed by atoms with Crippen LogP contribution in [0.2, 0.25) is 10.0 Å². The normalized spacial score (nSPS) is 14.9. The first-order valence-electron chi connectivity index (χ1n) is 9.73. The average molecular weight is 430 g/mol. The molecule has 0 spiro atoms. The second-order valence-corrected chi connectivity index (χ2v) is 7.98. The molecule has 150 valence electrons. The number of piperidine rings is 1. The lowest BCUT2D eigenvalue weighted by Crippen LogP contribution is -2.38. The Kier molecular flexibility index (Phi) is 5.88. The van der Waals surface area contributed by atoms with Gasteiger partial charge in [-0.15, -0.1) is 0 Å². The van der Waals surface area contributed by atoms with Gasteiger partial charge in [0.15, 0.2) is 0 Å². The Morgan fingerprint density at radius 2 is 1.76 bits per heavy atom. The van der Waals surface area contributed by atoms with E-state index < -0.39 is 0 Å². The van der Waals surface area contributed by atoms with Crippen molar-refractivity contribution in [1.29, 1.82) is 0 Å². The predicted octanol–water partition coefficient (Wildman–Crippen LogP) is 5.63. The number of rotatable bonds is 4. The Morgan fingerprint density at radius 3 is 2.38 bits per heavy atom. The fraction of sp³-hybridized carbons (Fsp3) is 0.318. The molecule has 1 aliphatic heterocycles. The highest BCUT2D eigenvalue weighted by Gasteiger charge is 2.28. The number of hydrogen-bond donors (Lipinski definition) is 0. The summed E-state index contributed by atoms with van der Waals surface area (Å²) in [5.41, 5.74) is 2.54. The van der Waals surface area contributed by atoms with Crippen LogP contribution < -0.4 is 0 Å². The number of amides is 1. The first-order valence-corrected chi connectivity index (χ1v) is 10.5. The van der Waals surface area contributed by atoms with Gasteiger partial charge in [-0.25, -0.2) is 0 Å². The van der Waals surface area contributed by atoms with Gasteiger partial charge in [-0.1, -0.05) is 53.5 Å². The van der Waals surface area contributed by atoms with Crippen molar-refractivity contribution in [3.8, 4) is 11.4 Å². The minimum absolute atomic E-state index is 0.0696. The van der Waals surface area contributed by atoms with Crippen molar-refractivity contribution in [2.45, 2.75) is 32.1 Å². The van der Waals surface area contributed by atoms with Gasteiger partial charge in [-0.05, 0) is 49.1 Å². The van der Waals surface area contributed by atoms with Crippen LogP contribution in [-0.2, 0) is 6.42 Å². The number of benzene rings is 2. The van der Waals surface area contributed by atoms with E-state index in [1.54, 1.807) is 18.2 Å². The van der Waals surface area contributed by atoms with Crippen LogP contribution in [-0.4, -0.2) is 34.0 Å². The minimum Gasteiger partial charge on any atom is -0.339 e. The fourth-order valence-electron chi connectivity index (χ4n) is 3.61. The Morgan fingerprint density at radius 1 is 1.10 bits per heavy atom. The van der Waals surface area contributed by atoms with Crippen molar-refractivity contribution in [3.05, 3.63) is 69.5 Å². The quantitative estimate of drug-likeness (QED) is 0.539. The smallest absolute Gasteiger partial charge is 0.253 e. The summed E-state index contributed by atoms with van der Waals surface area (Å²) in [5.74, 6) is 1.14. The topological polar surface area (TPSA) is 59.2 Å². The maximum atomic E-state index is 12.8. The van der Waals surface area contributed by atoms with Crippen molar-refractivity contribution in [3.63, 3.8) is 0 Å². The lowest BCUT2D eigenvalue weighted by Gasteiger charge is -2.30. The van der Waals surface area contributed by atoms with Crippen LogP contribution in [0.3, 0.4) is 0 Å². The molecule has 7 heteroatoms. The summed E-state index contributed by atoms with van der Waals surface area (Å²) in [5, 5.41) is 5.04. The Labute approximate surface area is 179 Å². The summed E-state index contributed by atoms with van der Waals surface area (Å²) in [6, 6.07) is 13.1. The molecule has 0 N–H and O–H groups in total. The molecule has 0 saturated carbocycles. The second kappa shape index (κ2) is 8.56. The third-order valence-electron chi connectivity index (χ3n) is 5.37. The highest BCUT2D eigenvalue weighted by Crippen LogP contribution is 2.35. The van der Waals surface area contributed by atoms with Crippen LogP contribution in [0.4, 0.5) is 0 Å². The number of carbonyl (C=O) groups excluding carboxylic acids is 1. The van der Waals surface area contributed by atoms with Gasteiger partial charge in [0.25, 0.3) is 5.91 Å². The van der Waals surface area contributed by atoms with E-state index in [1.807, 2.05) is 29.2 Å². The van der Waals surface area contributed by atoms with Gasteiger partial charge >= 0.3 is 0 Å². The summed E-state index contributed by atoms with van der Waals surface area (Å²) < 4.78 is 5.49. The molecular formula is C22H21Cl2N3O2. The van der Waals surface area contributed by atoms with Gasteiger partial charge in [0.1, 0.15) is 0 Å². The molecule has 5 nitrogen and oxygen atoms in total. The number of aryl methyl sites for hydroxylation is 1. The number of hydrogen-bond acceptors (Lipinski definition) is 4. The van der Waals surface area contributed by atoms with Crippen LogP contribution in [0.5, 0.6) is 0 Å². The maximum Gasteiger partial charge on any atom is 0.253 e. The van der Waals surface area contributed by atoms with Gasteiger partial charge in [-0.2, -0.15) is 4.98 Å². The van der Waals surface area contributed by atoms with E-state index in [0.717, 1.165) is 24.8 Å². The van der Waals surface area contributed by atoms with Crippen molar-refractivity contribution in [2.24, 2.45) is 0 Å². The molecular weight excluding hydrogens is 409 g/mol. The molecule has 0 unspecified atom stereocenters. The maximum absolute atomic E-state index is 12.8. The molecule has 2 heterocycles. The summed E-state index contributed by atoms with van der Waals surface area (Å²) in [7, 11) is 0. The number of nitrogens with zero attached hydrogens (tertiary/aromatic N) is 3. The Balaban J connectivity index is 1.42. The lowest BCUT2D eigenvalue weighted by atomic mass is 9.96. The summed E-state index contributed by atoms with van der Waals surface area (Å²) in [6.07, 6.45) is 2.51. The molecule has 0 radical (unpaired) electrons. The first-order chi connectivity index (χ1) is 14.1. The predicted molar refractivity (Wildman–Crippen MR) is 113 cm³/mol. The SMILES string of the molecule is CCc1ccc(C(=O)N2CCC(c3nc(-c4c(Cl)cccc4Cl)no3)CC2)cc1. The molecule has 1 fully saturated rings. The lowest BCUT2D eigenvalue weighted by molar-refractivity contribution is 0.0704. The second-order valence-electron chi connectivity index (χ2n) is 7.17. The Bertz CT molecular complexity index is 989. The van der Waals surface area contributed by atoms with E-state index in [4.69, 9.17) is 27.7 Å². The van der Waals surface area contributed by atoms with Gasteiger partial charge in [0.05, 0.1) is 15.6 Å². The number of halogens is 2. The van der Waals surface area contributed by atoms with Crippen molar-refractivity contribution in [1.82, 2.24) is 15.0 Å². The zero-order valence-electron chi connectivity index (χ0n) is 16.1. The molecule has 0 bridgehead atoms. The molecule has 0 atom stereocenters. The minimum atomic E-state index is 0.0696. The van der Waals surface area contributed by atoms with Gasteiger partial charge in [0.2, 0.25) is 11.7 Å². The molecule has 1 aliphatic rings. The standard InChI is InChI=1S/C22H21Cl2N3O2/c1-2-14-6-8-16(9-7-14)22(28)27-12-10-15(11-13-27)21-25-20(26-29-21)19-17(23)4-3-5-18(19)24/h3-9,15H,2,10-13H2,1H3. The van der Waals surface area contributed by atoms with Crippen molar-refractivity contribution >= 4 is 29.1 Å². The third kappa shape index (κ3) is 4.16. The van der Waals surface area contributed by atoms with E-state index in [1.165, 1.54) is 5.56 Å². The number of carbonyl (C=O) groups is 1. The molecule has 1 amide bonds. The van der Waals surface area contributed by atoms with Crippen molar-refractivity contribution in [2.75, 3.05) is 13.1 Å². The summed E-state index contributed by atoms with van der Waals surface area (Å²) in [6.45, 7) is 3.41. The van der Waals surface area contributed by atoms with Gasteiger partial charge in [0, 0.05) is 24.6 Å². The molecule has 3 aromatic rings. The largest absolute Gasteiger partial charge is 0.339 e. The molecule has 4 rings (SSSR count). The molecule has 29 heavy (non-hydrogen) atoms. The zero-order chi connectivity index (χ0) is 20.4. The molecule has 1 aromatic heterocycles. The van der Waals surface area contributed by atoms with Gasteiger partial charge in [-0.3, -0.25) is 4.79 Å². The Hall–Kier alpha value is -2.37. The summed E-state index contributed by atoms with van der Waals surface area (Å²) >= 11 is 12.5. The highest BCUT2D eigenvalue weighted by atomic mass is 35.5. The van der Waals surface area contributed by atoms with Crippen LogP contribution in [0.1, 0.15) is 47.5 Å². The van der Waals surface area contributed by atoms with Crippen LogP contribution in [0.15, 0.2) is 47.0 Å². The first kappa shape index (κ1) is 19.9. The van der Waals surface area contributed by atoms with Crippen LogP contribution in [0, 0.1) is 0 Å². The summed E-state index contributed by atoms with van der Waals surface area (Å²) in [4.78, 5) is 19.2. The van der Waals surface area contributed by atoms with Gasteiger partial charge < -0.3 is 9.42 Å². The highest BCUT2D eigenvalue weighted by molar-refractivity contribution is 6.38. The monoisotopic (exact) mass is 429 g/mol. The van der Waals surface area contributed by atoms with Crippen LogP contribution >= 0.6 is 23.2 Å². The molecule has 1 saturated heterocycles. The van der Waals surface area contributed by atoms with E-state index in [9.17, 15) is 4.79 Å². The fourth-order valence-corrected chi connectivity index (χ4v) is 4.18. The average Bonchev–Trinajstić information content (AvgIpc) is 3.23. The van der Waals surface area contributed by atoms with E-state index in [0.29, 0.717) is 40.4 Å². The molecule has 0 aliphatic carbocycles. The van der Waals surface area contributed by atoms with Crippen LogP contribution in [0.25, 0.3) is 11.4 Å². The third-order valence-corrected chi connectivity index (χ3v) is 6.00. The van der Waals surface area contributed by atoms with Crippen molar-refractivity contribution < 1.29 is 9.32 Å². The van der Waals surface area contributed by atoms with E-state index in [-0.39, 0.29) is 11.8 Å². The van der Waals surface area contributed by atoms with E-state index in [2.05, 4.69) is 17.1 Å². The molecule has 2 aromatic carbocycles. The number of likely N-dealkylation sites (tertiary alicyclic amines) is 1. The number of aromatic nitrogens is 2. The zero-order valence-corrected chi connectivity index (χ0v) is 17.6. The van der Waals surface area contributed by atoms with E-state index >= 15 is 0 Å².